The average molecular weight is 287 g/mol. The molecule has 1 rings (SSSR count). The standard InChI is InChI=1S/C12H19ClN4O2/c1-4-8(2)10(18)19-7-5-6-14-12-16-9(3)15-11(13)17-12/h8H,4-7H2,1-3H3,(H,14,15,16,17). The van der Waals surface area contributed by atoms with Gasteiger partial charge in [-0.1, -0.05) is 13.8 Å². The molecule has 1 aromatic heterocycles. The molecule has 0 saturated heterocycles. The van der Waals surface area contributed by atoms with Gasteiger partial charge in [0.05, 0.1) is 12.5 Å². The Morgan fingerprint density at radius 3 is 2.79 bits per heavy atom. The predicted octanol–water partition coefficient (Wildman–Crippen LogP) is 2.22. The van der Waals surface area contributed by atoms with E-state index in [-0.39, 0.29) is 17.2 Å². The normalized spacial score (nSPS) is 12.0. The molecule has 106 valence electrons. The first-order valence-electron chi connectivity index (χ1n) is 6.31. The van der Waals surface area contributed by atoms with Gasteiger partial charge in [-0.05, 0) is 31.4 Å². The van der Waals surface area contributed by atoms with Gasteiger partial charge in [-0.25, -0.2) is 4.98 Å². The van der Waals surface area contributed by atoms with Gasteiger partial charge in [-0.3, -0.25) is 4.79 Å². The molecule has 19 heavy (non-hydrogen) atoms. The first-order valence-corrected chi connectivity index (χ1v) is 6.69. The summed E-state index contributed by atoms with van der Waals surface area (Å²) >= 11 is 5.71. The lowest BCUT2D eigenvalue weighted by atomic mass is 10.1. The molecule has 1 N–H and O–H groups in total. The molecule has 0 spiro atoms. The zero-order valence-electron chi connectivity index (χ0n) is 11.4. The molecule has 0 bridgehead atoms. The number of carbonyl (C=O) groups excluding carboxylic acids is 1. The zero-order chi connectivity index (χ0) is 14.3. The van der Waals surface area contributed by atoms with E-state index in [0.29, 0.717) is 31.3 Å². The van der Waals surface area contributed by atoms with Crippen LogP contribution < -0.4 is 5.32 Å². The number of hydrogen-bond acceptors (Lipinski definition) is 6. The van der Waals surface area contributed by atoms with E-state index >= 15 is 0 Å². The van der Waals surface area contributed by atoms with Gasteiger partial charge in [0.2, 0.25) is 11.2 Å². The number of anilines is 1. The Morgan fingerprint density at radius 1 is 1.42 bits per heavy atom. The Labute approximate surface area is 118 Å². The SMILES string of the molecule is CCC(C)C(=O)OCCCNc1nc(C)nc(Cl)n1. The minimum atomic E-state index is -0.151. The summed E-state index contributed by atoms with van der Waals surface area (Å²) < 4.78 is 5.12. The number of aromatic nitrogens is 3. The third-order valence-corrected chi connectivity index (χ3v) is 2.75. The zero-order valence-corrected chi connectivity index (χ0v) is 12.2. The molecule has 7 heteroatoms. The second-order valence-electron chi connectivity index (χ2n) is 4.23. The molecule has 1 unspecified atom stereocenters. The van der Waals surface area contributed by atoms with E-state index in [1.165, 1.54) is 0 Å². The van der Waals surface area contributed by atoms with Gasteiger partial charge in [0.25, 0.3) is 0 Å². The van der Waals surface area contributed by atoms with Gasteiger partial charge in [-0.15, -0.1) is 0 Å². The number of aryl methyl sites for hydroxylation is 1. The lowest BCUT2D eigenvalue weighted by Gasteiger charge is -2.09. The highest BCUT2D eigenvalue weighted by atomic mass is 35.5. The number of nitrogens with zero attached hydrogens (tertiary/aromatic N) is 3. The first kappa shape index (κ1) is 15.6. The molecule has 1 aromatic rings. The van der Waals surface area contributed by atoms with Crippen molar-refractivity contribution in [2.45, 2.75) is 33.6 Å². The van der Waals surface area contributed by atoms with Crippen LogP contribution in [0.1, 0.15) is 32.5 Å². The van der Waals surface area contributed by atoms with Crippen LogP contribution in [0, 0.1) is 12.8 Å². The summed E-state index contributed by atoms with van der Waals surface area (Å²) in [4.78, 5) is 23.3. The maximum atomic E-state index is 11.4. The lowest BCUT2D eigenvalue weighted by molar-refractivity contribution is -0.148. The van der Waals surface area contributed by atoms with E-state index in [1.54, 1.807) is 6.92 Å². The van der Waals surface area contributed by atoms with Crippen LogP contribution in [0.2, 0.25) is 5.28 Å². The molecular weight excluding hydrogens is 268 g/mol. The molecule has 0 aliphatic carbocycles. The highest BCUT2D eigenvalue weighted by Crippen LogP contribution is 2.06. The van der Waals surface area contributed by atoms with E-state index in [1.807, 2.05) is 13.8 Å². The Kier molecular flexibility index (Phi) is 6.49. The number of esters is 1. The minimum Gasteiger partial charge on any atom is -0.465 e. The predicted molar refractivity (Wildman–Crippen MR) is 73.1 cm³/mol. The summed E-state index contributed by atoms with van der Waals surface area (Å²) in [6.45, 7) is 6.55. The van der Waals surface area contributed by atoms with Crippen molar-refractivity contribution in [2.24, 2.45) is 5.92 Å². The van der Waals surface area contributed by atoms with Crippen LogP contribution in [-0.4, -0.2) is 34.1 Å². The molecule has 0 aliphatic heterocycles. The van der Waals surface area contributed by atoms with Crippen molar-refractivity contribution < 1.29 is 9.53 Å². The van der Waals surface area contributed by atoms with Gasteiger partial charge in [0, 0.05) is 6.54 Å². The van der Waals surface area contributed by atoms with Crippen LogP contribution >= 0.6 is 11.6 Å². The fraction of sp³-hybridized carbons (Fsp3) is 0.667. The number of rotatable bonds is 7. The fourth-order valence-electron chi connectivity index (χ4n) is 1.28. The summed E-state index contributed by atoms with van der Waals surface area (Å²) in [5.41, 5.74) is 0. The van der Waals surface area contributed by atoms with Gasteiger partial charge < -0.3 is 10.1 Å². The maximum Gasteiger partial charge on any atom is 0.308 e. The smallest absolute Gasteiger partial charge is 0.308 e. The largest absolute Gasteiger partial charge is 0.465 e. The lowest BCUT2D eigenvalue weighted by Crippen LogP contribution is -2.16. The second kappa shape index (κ2) is 7.89. The molecule has 0 amide bonds. The molecule has 0 aliphatic rings. The van der Waals surface area contributed by atoms with Gasteiger partial charge in [-0.2, -0.15) is 9.97 Å². The highest BCUT2D eigenvalue weighted by molar-refractivity contribution is 6.28. The Morgan fingerprint density at radius 2 is 2.16 bits per heavy atom. The Bertz CT molecular complexity index is 408. The van der Waals surface area contributed by atoms with Crippen molar-refractivity contribution >= 4 is 23.5 Å². The van der Waals surface area contributed by atoms with Gasteiger partial charge in [0.1, 0.15) is 5.82 Å². The topological polar surface area (TPSA) is 77.0 Å². The number of carbonyl (C=O) groups is 1. The average Bonchev–Trinajstić information content (AvgIpc) is 2.36. The summed E-state index contributed by atoms with van der Waals surface area (Å²) in [6, 6.07) is 0. The Hall–Kier alpha value is -1.43. The Balaban J connectivity index is 2.22. The van der Waals surface area contributed by atoms with Crippen LogP contribution in [0.5, 0.6) is 0 Å². The fourth-order valence-corrected chi connectivity index (χ4v) is 1.48. The van der Waals surface area contributed by atoms with Crippen LogP contribution in [0.25, 0.3) is 0 Å². The van der Waals surface area contributed by atoms with Crippen molar-refractivity contribution in [1.82, 2.24) is 15.0 Å². The van der Waals surface area contributed by atoms with E-state index in [9.17, 15) is 4.79 Å². The van der Waals surface area contributed by atoms with Crippen molar-refractivity contribution in [2.75, 3.05) is 18.5 Å². The number of nitrogens with one attached hydrogen (secondary N) is 1. The molecule has 6 nitrogen and oxygen atoms in total. The van der Waals surface area contributed by atoms with Crippen LogP contribution in [0.3, 0.4) is 0 Å². The van der Waals surface area contributed by atoms with Crippen molar-refractivity contribution in [3.8, 4) is 0 Å². The highest BCUT2D eigenvalue weighted by Gasteiger charge is 2.11. The third kappa shape index (κ3) is 5.83. The van der Waals surface area contributed by atoms with E-state index < -0.39 is 0 Å². The molecule has 1 atom stereocenters. The molecular formula is C12H19ClN4O2. The molecule has 0 radical (unpaired) electrons. The minimum absolute atomic E-state index is 0.0436. The van der Waals surface area contributed by atoms with Gasteiger partial charge >= 0.3 is 5.97 Å². The van der Waals surface area contributed by atoms with Crippen molar-refractivity contribution in [3.63, 3.8) is 0 Å². The van der Waals surface area contributed by atoms with Crippen LogP contribution in [-0.2, 0) is 9.53 Å². The summed E-state index contributed by atoms with van der Waals surface area (Å²) in [5, 5.41) is 3.17. The molecule has 0 saturated carbocycles. The van der Waals surface area contributed by atoms with Gasteiger partial charge in [0.15, 0.2) is 0 Å². The molecule has 0 aromatic carbocycles. The number of ether oxygens (including phenoxy) is 1. The summed E-state index contributed by atoms with van der Waals surface area (Å²) in [5.74, 6) is 0.802. The van der Waals surface area contributed by atoms with Crippen LogP contribution in [0.15, 0.2) is 0 Å². The maximum absolute atomic E-state index is 11.4. The van der Waals surface area contributed by atoms with E-state index in [2.05, 4.69) is 20.3 Å². The first-order chi connectivity index (χ1) is 9.02. The monoisotopic (exact) mass is 286 g/mol. The molecule has 0 fully saturated rings. The summed E-state index contributed by atoms with van der Waals surface area (Å²) in [7, 11) is 0. The second-order valence-corrected chi connectivity index (χ2v) is 4.57. The number of hydrogen-bond donors (Lipinski definition) is 1. The van der Waals surface area contributed by atoms with E-state index in [4.69, 9.17) is 16.3 Å². The molecule has 1 heterocycles. The van der Waals surface area contributed by atoms with Crippen LogP contribution in [0.4, 0.5) is 5.95 Å². The number of halogens is 1. The third-order valence-electron chi connectivity index (χ3n) is 2.58. The van der Waals surface area contributed by atoms with Crippen molar-refractivity contribution in [3.05, 3.63) is 11.1 Å². The quantitative estimate of drug-likeness (QED) is 0.612. The summed E-state index contributed by atoms with van der Waals surface area (Å²) in [6.07, 6.45) is 1.48. The van der Waals surface area contributed by atoms with E-state index in [0.717, 1.165) is 6.42 Å². The van der Waals surface area contributed by atoms with Crippen molar-refractivity contribution in [1.29, 1.82) is 0 Å².